The molecule has 1 aromatic heterocycles. The summed E-state index contributed by atoms with van der Waals surface area (Å²) in [6.45, 7) is -0.0346. The lowest BCUT2D eigenvalue weighted by Crippen LogP contribution is -2.24. The Morgan fingerprint density at radius 3 is 3.08 bits per heavy atom. The Labute approximate surface area is 74.9 Å². The van der Waals surface area contributed by atoms with Crippen molar-refractivity contribution in [2.24, 2.45) is 7.05 Å². The maximum absolute atomic E-state index is 11.2. The fourth-order valence-corrected chi connectivity index (χ4v) is 0.837. The number of nitrogens with one attached hydrogen (secondary N) is 1. The van der Waals surface area contributed by atoms with E-state index in [4.69, 9.17) is 11.0 Å². The Morgan fingerprint density at radius 2 is 2.62 bits per heavy atom. The minimum Gasteiger partial charge on any atom is -0.383 e. The molecule has 0 aliphatic carbocycles. The highest BCUT2D eigenvalue weighted by Gasteiger charge is 2.12. The Morgan fingerprint density at radius 1 is 1.92 bits per heavy atom. The van der Waals surface area contributed by atoms with Crippen molar-refractivity contribution >= 4 is 11.7 Å². The first kappa shape index (κ1) is 9.06. The molecule has 0 atom stereocenters. The minimum atomic E-state index is -0.382. The molecule has 1 amide bonds. The highest BCUT2D eigenvalue weighted by Crippen LogP contribution is 2.07. The number of nitriles is 1. The van der Waals surface area contributed by atoms with Gasteiger partial charge in [0.25, 0.3) is 5.91 Å². The van der Waals surface area contributed by atoms with Gasteiger partial charge in [-0.2, -0.15) is 10.4 Å². The van der Waals surface area contributed by atoms with Gasteiger partial charge in [0.1, 0.15) is 17.9 Å². The standard InChI is InChI=1S/C7H9N5O/c1-12-6(9)5(4-11-12)7(13)10-3-2-8/h4H,3,9H2,1H3,(H,10,13). The monoisotopic (exact) mass is 179 g/mol. The Balaban J connectivity index is 2.78. The molecule has 0 radical (unpaired) electrons. The summed E-state index contributed by atoms with van der Waals surface area (Å²) in [6.07, 6.45) is 1.36. The fraction of sp³-hybridized carbons (Fsp3) is 0.286. The summed E-state index contributed by atoms with van der Waals surface area (Å²) in [5.74, 6) is -0.0948. The van der Waals surface area contributed by atoms with Crippen LogP contribution in [0.5, 0.6) is 0 Å². The molecule has 68 valence electrons. The van der Waals surface area contributed by atoms with E-state index in [0.29, 0.717) is 0 Å². The van der Waals surface area contributed by atoms with E-state index in [1.807, 2.05) is 0 Å². The quantitative estimate of drug-likeness (QED) is 0.584. The van der Waals surface area contributed by atoms with Gasteiger partial charge >= 0.3 is 0 Å². The third-order valence-electron chi connectivity index (χ3n) is 1.56. The van der Waals surface area contributed by atoms with E-state index in [9.17, 15) is 4.79 Å². The van der Waals surface area contributed by atoms with E-state index in [1.54, 1.807) is 13.1 Å². The highest BCUT2D eigenvalue weighted by molar-refractivity contribution is 5.98. The van der Waals surface area contributed by atoms with Gasteiger partial charge in [0.05, 0.1) is 12.3 Å². The van der Waals surface area contributed by atoms with Gasteiger partial charge in [-0.25, -0.2) is 0 Å². The number of hydrogen-bond acceptors (Lipinski definition) is 4. The second kappa shape index (κ2) is 3.58. The molecule has 0 unspecified atom stereocenters. The normalized spacial score (nSPS) is 9.23. The SMILES string of the molecule is Cn1ncc(C(=O)NCC#N)c1N. The van der Waals surface area contributed by atoms with Gasteiger partial charge in [-0.15, -0.1) is 0 Å². The molecule has 13 heavy (non-hydrogen) atoms. The molecular weight excluding hydrogens is 170 g/mol. The number of aryl methyl sites for hydroxylation is 1. The van der Waals surface area contributed by atoms with Crippen LogP contribution in [-0.2, 0) is 7.05 Å². The first-order valence-electron chi connectivity index (χ1n) is 3.59. The minimum absolute atomic E-state index is 0.0346. The number of nitrogen functional groups attached to an aromatic ring is 1. The van der Waals surface area contributed by atoms with Crippen LogP contribution in [0, 0.1) is 11.3 Å². The lowest BCUT2D eigenvalue weighted by atomic mass is 10.3. The number of nitrogens with zero attached hydrogens (tertiary/aromatic N) is 3. The van der Waals surface area contributed by atoms with Crippen LogP contribution < -0.4 is 11.1 Å². The number of nitrogens with two attached hydrogens (primary N) is 1. The van der Waals surface area contributed by atoms with Crippen LogP contribution in [0.2, 0.25) is 0 Å². The summed E-state index contributed by atoms with van der Waals surface area (Å²) in [4.78, 5) is 11.2. The van der Waals surface area contributed by atoms with E-state index in [-0.39, 0.29) is 23.8 Å². The van der Waals surface area contributed by atoms with Crippen molar-refractivity contribution in [3.63, 3.8) is 0 Å². The number of rotatable bonds is 2. The number of hydrogen-bond donors (Lipinski definition) is 2. The number of aromatic nitrogens is 2. The molecule has 1 heterocycles. The maximum atomic E-state index is 11.2. The average molecular weight is 179 g/mol. The number of amides is 1. The highest BCUT2D eigenvalue weighted by atomic mass is 16.1. The number of carbonyl (C=O) groups excluding carboxylic acids is 1. The molecular formula is C7H9N5O. The summed E-state index contributed by atoms with van der Waals surface area (Å²) in [7, 11) is 1.64. The van der Waals surface area contributed by atoms with Gasteiger partial charge in [0, 0.05) is 7.05 Å². The molecule has 0 saturated carbocycles. The van der Waals surface area contributed by atoms with Crippen molar-refractivity contribution in [1.29, 1.82) is 5.26 Å². The van der Waals surface area contributed by atoms with Crippen LogP contribution in [0.1, 0.15) is 10.4 Å². The largest absolute Gasteiger partial charge is 0.383 e. The van der Waals surface area contributed by atoms with E-state index < -0.39 is 0 Å². The summed E-state index contributed by atoms with van der Waals surface area (Å²) >= 11 is 0. The summed E-state index contributed by atoms with van der Waals surface area (Å²) in [6, 6.07) is 1.79. The van der Waals surface area contributed by atoms with Crippen molar-refractivity contribution < 1.29 is 4.79 Å². The van der Waals surface area contributed by atoms with Crippen molar-refractivity contribution in [3.05, 3.63) is 11.8 Å². The molecule has 1 rings (SSSR count). The Hall–Kier alpha value is -2.03. The predicted octanol–water partition coefficient (Wildman–Crippen LogP) is -0.744. The molecule has 3 N–H and O–H groups in total. The van der Waals surface area contributed by atoms with E-state index in [2.05, 4.69) is 10.4 Å². The van der Waals surface area contributed by atoms with Gasteiger partial charge in [-0.1, -0.05) is 0 Å². The van der Waals surface area contributed by atoms with Gasteiger partial charge in [-0.3, -0.25) is 9.48 Å². The number of anilines is 1. The molecule has 0 saturated heterocycles. The topological polar surface area (TPSA) is 96.7 Å². The molecule has 0 fully saturated rings. The zero-order valence-corrected chi connectivity index (χ0v) is 7.11. The fourth-order valence-electron chi connectivity index (χ4n) is 0.837. The maximum Gasteiger partial charge on any atom is 0.257 e. The third-order valence-corrected chi connectivity index (χ3v) is 1.56. The van der Waals surface area contributed by atoms with Crippen molar-refractivity contribution in [2.75, 3.05) is 12.3 Å². The predicted molar refractivity (Wildman–Crippen MR) is 45.6 cm³/mol. The van der Waals surface area contributed by atoms with E-state index in [1.165, 1.54) is 10.9 Å². The van der Waals surface area contributed by atoms with Crippen LogP contribution in [0.3, 0.4) is 0 Å². The first-order valence-corrected chi connectivity index (χ1v) is 3.59. The molecule has 6 nitrogen and oxygen atoms in total. The Kier molecular flexibility index (Phi) is 2.50. The summed E-state index contributed by atoms with van der Waals surface area (Å²) in [5, 5.41) is 14.4. The molecule has 0 bridgehead atoms. The van der Waals surface area contributed by atoms with Crippen LogP contribution >= 0.6 is 0 Å². The van der Waals surface area contributed by atoms with Crippen LogP contribution in [0.4, 0.5) is 5.82 Å². The summed E-state index contributed by atoms with van der Waals surface area (Å²) < 4.78 is 1.39. The second-order valence-corrected chi connectivity index (χ2v) is 2.41. The lowest BCUT2D eigenvalue weighted by Gasteiger charge is -1.99. The van der Waals surface area contributed by atoms with Gasteiger partial charge < -0.3 is 11.1 Å². The molecule has 0 aliphatic rings. The third kappa shape index (κ3) is 1.76. The Bertz CT molecular complexity index is 361. The zero-order valence-electron chi connectivity index (χ0n) is 7.11. The molecule has 0 aliphatic heterocycles. The average Bonchev–Trinajstić information content (AvgIpc) is 2.44. The smallest absolute Gasteiger partial charge is 0.257 e. The van der Waals surface area contributed by atoms with Gasteiger partial charge in [0.15, 0.2) is 0 Å². The first-order chi connectivity index (χ1) is 6.16. The lowest BCUT2D eigenvalue weighted by molar-refractivity contribution is 0.0959. The zero-order chi connectivity index (χ0) is 9.84. The van der Waals surface area contributed by atoms with Crippen molar-refractivity contribution in [2.45, 2.75) is 0 Å². The molecule has 0 aromatic carbocycles. The second-order valence-electron chi connectivity index (χ2n) is 2.41. The van der Waals surface area contributed by atoms with Crippen LogP contribution in [0.25, 0.3) is 0 Å². The van der Waals surface area contributed by atoms with E-state index >= 15 is 0 Å². The van der Waals surface area contributed by atoms with Crippen molar-refractivity contribution in [1.82, 2.24) is 15.1 Å². The van der Waals surface area contributed by atoms with Gasteiger partial charge in [0.2, 0.25) is 0 Å². The molecule has 1 aromatic rings. The molecule has 0 spiro atoms. The van der Waals surface area contributed by atoms with Crippen molar-refractivity contribution in [3.8, 4) is 6.07 Å². The van der Waals surface area contributed by atoms with Gasteiger partial charge in [-0.05, 0) is 0 Å². The summed E-state index contributed by atoms with van der Waals surface area (Å²) in [5.41, 5.74) is 5.82. The molecule has 6 heteroatoms. The van der Waals surface area contributed by atoms with Crippen LogP contribution in [-0.4, -0.2) is 22.2 Å². The van der Waals surface area contributed by atoms with Crippen LogP contribution in [0.15, 0.2) is 6.20 Å². The van der Waals surface area contributed by atoms with E-state index in [0.717, 1.165) is 0 Å². The number of carbonyl (C=O) groups is 1.